The first-order valence-corrected chi connectivity index (χ1v) is 19.1. The van der Waals surface area contributed by atoms with Crippen molar-refractivity contribution in [3.05, 3.63) is 176 Å². The van der Waals surface area contributed by atoms with Gasteiger partial charge in [-0.05, 0) is 91.6 Å². The molecule has 0 fully saturated rings. The van der Waals surface area contributed by atoms with Crippen LogP contribution in [0.2, 0.25) is 0 Å². The molecule has 10 aromatic carbocycles. The third-order valence-corrected chi connectivity index (χ3v) is 11.9. The molecule has 4 heteroatoms. The zero-order valence-electron chi connectivity index (χ0n) is 30.0. The standard InChI is InChI=1S/C52H29N3O/c1-2-13-32-29-45-42(27-31(32)12-1)49-44(25-23-40-37-17-6-5-15-35(37)36-16-7-8-19-39(36)48(40)49)55(45)52-50(53-43-24-21-30-11-3-4-14-34(30)51(43)54-52)33-22-26-47-41(28-33)38-18-9-10-20-46(38)56-47/h1-29H. The van der Waals surface area contributed by atoms with Gasteiger partial charge < -0.3 is 4.42 Å². The monoisotopic (exact) mass is 711 g/mol. The van der Waals surface area contributed by atoms with E-state index >= 15 is 0 Å². The number of benzene rings is 10. The lowest BCUT2D eigenvalue weighted by Crippen LogP contribution is -2.04. The molecule has 0 N–H and O–H groups in total. The molecule has 0 bridgehead atoms. The Labute approximate surface area is 319 Å². The van der Waals surface area contributed by atoms with Gasteiger partial charge in [0.2, 0.25) is 0 Å². The summed E-state index contributed by atoms with van der Waals surface area (Å²) in [7, 11) is 0. The summed E-state index contributed by atoms with van der Waals surface area (Å²) in [5.41, 5.74) is 7.44. The van der Waals surface area contributed by atoms with E-state index in [2.05, 4.69) is 168 Å². The maximum Gasteiger partial charge on any atom is 0.165 e. The van der Waals surface area contributed by atoms with Crippen molar-refractivity contribution in [1.29, 1.82) is 0 Å². The van der Waals surface area contributed by atoms with Crippen molar-refractivity contribution in [2.24, 2.45) is 0 Å². The van der Waals surface area contributed by atoms with Gasteiger partial charge in [0.1, 0.15) is 16.9 Å². The van der Waals surface area contributed by atoms with Gasteiger partial charge in [-0.1, -0.05) is 127 Å². The summed E-state index contributed by atoms with van der Waals surface area (Å²) in [5.74, 6) is 0.792. The number of para-hydroxylation sites is 1. The van der Waals surface area contributed by atoms with Crippen molar-refractivity contribution in [3.63, 3.8) is 0 Å². The van der Waals surface area contributed by atoms with Crippen LogP contribution in [0.4, 0.5) is 0 Å². The van der Waals surface area contributed by atoms with Crippen LogP contribution in [-0.4, -0.2) is 14.5 Å². The topological polar surface area (TPSA) is 43.9 Å². The van der Waals surface area contributed by atoms with Crippen molar-refractivity contribution in [2.45, 2.75) is 0 Å². The van der Waals surface area contributed by atoms with Crippen molar-refractivity contribution < 1.29 is 4.42 Å². The molecular weight excluding hydrogens is 683 g/mol. The van der Waals surface area contributed by atoms with Crippen molar-refractivity contribution in [1.82, 2.24) is 14.5 Å². The summed E-state index contributed by atoms with van der Waals surface area (Å²) < 4.78 is 8.66. The summed E-state index contributed by atoms with van der Waals surface area (Å²) in [6.07, 6.45) is 0. The quantitative estimate of drug-likeness (QED) is 0.168. The van der Waals surface area contributed by atoms with Crippen molar-refractivity contribution in [2.75, 3.05) is 0 Å². The third-order valence-electron chi connectivity index (χ3n) is 11.9. The fourth-order valence-corrected chi connectivity index (χ4v) is 9.42. The van der Waals surface area contributed by atoms with Crippen LogP contribution < -0.4 is 0 Å². The highest BCUT2D eigenvalue weighted by molar-refractivity contribution is 6.36. The smallest absolute Gasteiger partial charge is 0.165 e. The zero-order chi connectivity index (χ0) is 36.5. The van der Waals surface area contributed by atoms with Crippen LogP contribution in [0.3, 0.4) is 0 Å². The van der Waals surface area contributed by atoms with Gasteiger partial charge in [0, 0.05) is 37.9 Å². The highest BCUT2D eigenvalue weighted by Crippen LogP contribution is 2.45. The molecular formula is C52H29N3O. The van der Waals surface area contributed by atoms with Crippen LogP contribution in [0.5, 0.6) is 0 Å². The fourth-order valence-electron chi connectivity index (χ4n) is 9.42. The summed E-state index contributed by atoms with van der Waals surface area (Å²) in [6, 6.07) is 63.1. The van der Waals surface area contributed by atoms with E-state index in [-0.39, 0.29) is 0 Å². The van der Waals surface area contributed by atoms with Gasteiger partial charge in [-0.15, -0.1) is 0 Å². The van der Waals surface area contributed by atoms with Crippen LogP contribution in [-0.2, 0) is 0 Å². The van der Waals surface area contributed by atoms with Gasteiger partial charge in [-0.3, -0.25) is 4.57 Å². The molecule has 0 radical (unpaired) electrons. The van der Waals surface area contributed by atoms with E-state index in [1.807, 2.05) is 12.1 Å². The van der Waals surface area contributed by atoms with Gasteiger partial charge in [0.15, 0.2) is 5.82 Å². The second kappa shape index (κ2) is 11.0. The van der Waals surface area contributed by atoms with Gasteiger partial charge in [-0.2, -0.15) is 0 Å². The number of nitrogens with zero attached hydrogens (tertiary/aromatic N) is 3. The molecule has 0 aliphatic rings. The number of hydrogen-bond acceptors (Lipinski definition) is 3. The normalized spacial score (nSPS) is 12.3. The van der Waals surface area contributed by atoms with Crippen molar-refractivity contribution in [3.8, 4) is 17.1 Å². The Bertz CT molecular complexity index is 3800. The van der Waals surface area contributed by atoms with Gasteiger partial charge in [-0.25, -0.2) is 9.97 Å². The van der Waals surface area contributed by atoms with E-state index in [9.17, 15) is 0 Å². The average molecular weight is 712 g/mol. The summed E-state index contributed by atoms with van der Waals surface area (Å²) in [5, 5.41) is 16.6. The Morgan fingerprint density at radius 3 is 1.80 bits per heavy atom. The average Bonchev–Trinajstić information content (AvgIpc) is 3.79. The minimum Gasteiger partial charge on any atom is -0.456 e. The first-order chi connectivity index (χ1) is 27.8. The predicted octanol–water partition coefficient (Wildman–Crippen LogP) is 14.1. The maximum atomic E-state index is 6.29. The molecule has 56 heavy (non-hydrogen) atoms. The molecule has 3 aromatic heterocycles. The Morgan fingerprint density at radius 2 is 1.00 bits per heavy atom. The number of fused-ring (bicyclic) bond motifs is 17. The molecule has 13 aromatic rings. The first-order valence-electron chi connectivity index (χ1n) is 19.1. The zero-order valence-corrected chi connectivity index (χ0v) is 30.0. The Kier molecular flexibility index (Phi) is 5.86. The van der Waals surface area contributed by atoms with Crippen LogP contribution in [0.15, 0.2) is 180 Å². The Hall–Kier alpha value is -7.56. The predicted molar refractivity (Wildman–Crippen MR) is 234 cm³/mol. The Morgan fingerprint density at radius 1 is 0.375 bits per heavy atom. The van der Waals surface area contributed by atoms with Crippen LogP contribution >= 0.6 is 0 Å². The van der Waals surface area contributed by atoms with Crippen LogP contribution in [0.25, 0.3) is 126 Å². The molecule has 0 unspecified atom stereocenters. The fraction of sp³-hybridized carbons (Fsp3) is 0. The molecule has 0 aliphatic heterocycles. The SMILES string of the molecule is c1ccc2cc3c(cc2c1)c1c2c4ccccc4c4ccccc4c2ccc1n3-c1nc2c(ccc3ccccc32)nc1-c1ccc2oc3ccccc3c2c1. The van der Waals surface area contributed by atoms with Crippen LogP contribution in [0, 0.1) is 0 Å². The molecule has 0 aliphatic carbocycles. The van der Waals surface area contributed by atoms with E-state index in [0.717, 1.165) is 71.9 Å². The number of furan rings is 1. The van der Waals surface area contributed by atoms with E-state index in [0.29, 0.717) is 0 Å². The van der Waals surface area contributed by atoms with Gasteiger partial charge in [0.25, 0.3) is 0 Å². The molecule has 0 saturated heterocycles. The molecule has 13 rings (SSSR count). The first kappa shape index (κ1) is 29.8. The lowest BCUT2D eigenvalue weighted by atomic mass is 9.91. The van der Waals surface area contributed by atoms with E-state index in [1.54, 1.807) is 0 Å². The Balaban J connectivity index is 1.25. The van der Waals surface area contributed by atoms with E-state index in [4.69, 9.17) is 14.4 Å². The number of rotatable bonds is 2. The summed E-state index contributed by atoms with van der Waals surface area (Å²) in [4.78, 5) is 11.2. The summed E-state index contributed by atoms with van der Waals surface area (Å²) >= 11 is 0. The lowest BCUT2D eigenvalue weighted by molar-refractivity contribution is 0.669. The second-order valence-corrected chi connectivity index (χ2v) is 14.9. The highest BCUT2D eigenvalue weighted by Gasteiger charge is 2.24. The second-order valence-electron chi connectivity index (χ2n) is 14.9. The molecule has 0 spiro atoms. The largest absolute Gasteiger partial charge is 0.456 e. The van der Waals surface area contributed by atoms with Crippen LogP contribution in [0.1, 0.15) is 0 Å². The minimum atomic E-state index is 0.792. The third kappa shape index (κ3) is 4.02. The van der Waals surface area contributed by atoms with Gasteiger partial charge >= 0.3 is 0 Å². The molecule has 0 atom stereocenters. The highest BCUT2D eigenvalue weighted by atomic mass is 16.3. The lowest BCUT2D eigenvalue weighted by Gasteiger charge is -2.15. The maximum absolute atomic E-state index is 6.29. The molecule has 3 heterocycles. The van der Waals surface area contributed by atoms with Crippen molar-refractivity contribution >= 4 is 109 Å². The molecule has 258 valence electrons. The molecule has 4 nitrogen and oxygen atoms in total. The molecule has 0 saturated carbocycles. The van der Waals surface area contributed by atoms with E-state index in [1.165, 1.54) is 53.9 Å². The summed E-state index contributed by atoms with van der Waals surface area (Å²) in [6.45, 7) is 0. The minimum absolute atomic E-state index is 0.792. The van der Waals surface area contributed by atoms with Gasteiger partial charge in [0.05, 0.1) is 22.1 Å². The number of hydrogen-bond donors (Lipinski definition) is 0. The number of aromatic nitrogens is 3. The molecule has 0 amide bonds. The van der Waals surface area contributed by atoms with E-state index < -0.39 is 0 Å².